The van der Waals surface area contributed by atoms with Crippen molar-refractivity contribution < 1.29 is 22.3 Å². The smallest absolute Gasteiger partial charge is 0.247 e. The minimum absolute atomic E-state index is 0.0164. The molecule has 0 radical (unpaired) electrons. The highest BCUT2D eigenvalue weighted by Crippen LogP contribution is 2.27. The zero-order chi connectivity index (χ0) is 20.9. The number of halogens is 2. The fourth-order valence-electron chi connectivity index (χ4n) is 2.66. The first-order valence-electron chi connectivity index (χ1n) is 8.57. The lowest BCUT2D eigenvalue weighted by Gasteiger charge is -2.22. The van der Waals surface area contributed by atoms with Gasteiger partial charge in [0.25, 0.3) is 0 Å². The number of methoxy groups -OCH3 is 1. The molecule has 0 aliphatic carbocycles. The molecule has 0 aliphatic rings. The maximum atomic E-state index is 13.6. The van der Waals surface area contributed by atoms with Crippen LogP contribution in [0.4, 0.5) is 4.39 Å². The van der Waals surface area contributed by atoms with Crippen LogP contribution in [0.2, 0.25) is 0 Å². The van der Waals surface area contributed by atoms with Crippen molar-refractivity contribution in [2.75, 3.05) is 20.2 Å². The SMILES string of the molecule is CCN(CC(=O)NC(C)c1cccc(Br)c1)S(=O)(=O)c1cc(F)ccc1OC. The van der Waals surface area contributed by atoms with Gasteiger partial charge in [0, 0.05) is 11.0 Å². The third-order valence-electron chi connectivity index (χ3n) is 4.14. The van der Waals surface area contributed by atoms with E-state index in [-0.39, 0.29) is 23.2 Å². The summed E-state index contributed by atoms with van der Waals surface area (Å²) in [6, 6.07) is 10.4. The van der Waals surface area contributed by atoms with E-state index >= 15 is 0 Å². The van der Waals surface area contributed by atoms with E-state index in [2.05, 4.69) is 21.2 Å². The van der Waals surface area contributed by atoms with Gasteiger partial charge in [-0.05, 0) is 42.8 Å². The minimum atomic E-state index is -4.12. The molecular weight excluding hydrogens is 451 g/mol. The van der Waals surface area contributed by atoms with Crippen molar-refractivity contribution in [1.82, 2.24) is 9.62 Å². The second-order valence-corrected chi connectivity index (χ2v) is 8.89. The number of hydrogen-bond donors (Lipinski definition) is 1. The molecule has 9 heteroatoms. The fourth-order valence-corrected chi connectivity index (χ4v) is 4.65. The van der Waals surface area contributed by atoms with Gasteiger partial charge in [0.1, 0.15) is 16.5 Å². The van der Waals surface area contributed by atoms with Crippen LogP contribution in [-0.4, -0.2) is 38.8 Å². The largest absolute Gasteiger partial charge is 0.495 e. The first kappa shape index (κ1) is 22.3. The third-order valence-corrected chi connectivity index (χ3v) is 6.58. The number of amides is 1. The van der Waals surface area contributed by atoms with Gasteiger partial charge in [-0.3, -0.25) is 4.79 Å². The van der Waals surface area contributed by atoms with E-state index in [1.54, 1.807) is 13.8 Å². The van der Waals surface area contributed by atoms with Gasteiger partial charge >= 0.3 is 0 Å². The number of nitrogens with one attached hydrogen (secondary N) is 1. The maximum Gasteiger partial charge on any atom is 0.247 e. The highest BCUT2D eigenvalue weighted by molar-refractivity contribution is 9.10. The average Bonchev–Trinajstić information content (AvgIpc) is 2.65. The molecule has 0 bridgehead atoms. The quantitative estimate of drug-likeness (QED) is 0.637. The lowest BCUT2D eigenvalue weighted by molar-refractivity contribution is -0.121. The number of hydrogen-bond acceptors (Lipinski definition) is 4. The molecular formula is C19H22BrFN2O4S. The number of rotatable bonds is 8. The molecule has 2 aromatic carbocycles. The first-order chi connectivity index (χ1) is 13.2. The highest BCUT2D eigenvalue weighted by atomic mass is 79.9. The van der Waals surface area contributed by atoms with Gasteiger partial charge in [-0.15, -0.1) is 0 Å². The van der Waals surface area contributed by atoms with Gasteiger partial charge in [0.05, 0.1) is 19.7 Å². The number of carbonyl (C=O) groups excluding carboxylic acids is 1. The Kier molecular flexibility index (Phi) is 7.56. The second-order valence-electron chi connectivity index (χ2n) is 6.07. The molecule has 28 heavy (non-hydrogen) atoms. The van der Waals surface area contributed by atoms with Gasteiger partial charge in [0.2, 0.25) is 15.9 Å². The summed E-state index contributed by atoms with van der Waals surface area (Å²) in [4.78, 5) is 12.1. The Bertz CT molecular complexity index is 953. The van der Waals surface area contributed by atoms with E-state index < -0.39 is 28.3 Å². The molecule has 1 unspecified atom stereocenters. The normalized spacial score (nSPS) is 12.6. The Morgan fingerprint density at radius 1 is 1.29 bits per heavy atom. The summed E-state index contributed by atoms with van der Waals surface area (Å²) in [5.41, 5.74) is 0.875. The van der Waals surface area contributed by atoms with Crippen molar-refractivity contribution in [3.8, 4) is 5.75 Å². The highest BCUT2D eigenvalue weighted by Gasteiger charge is 2.29. The van der Waals surface area contributed by atoms with E-state index in [1.807, 2.05) is 24.3 Å². The molecule has 2 aromatic rings. The Morgan fingerprint density at radius 2 is 2.00 bits per heavy atom. The summed E-state index contributed by atoms with van der Waals surface area (Å²) in [5, 5.41) is 2.78. The molecule has 2 rings (SSSR count). The number of benzene rings is 2. The molecule has 1 N–H and O–H groups in total. The summed E-state index contributed by atoms with van der Waals surface area (Å²) in [6.07, 6.45) is 0. The Labute approximate surface area is 172 Å². The van der Waals surface area contributed by atoms with Crippen LogP contribution >= 0.6 is 15.9 Å². The van der Waals surface area contributed by atoms with Crippen molar-refractivity contribution in [1.29, 1.82) is 0 Å². The molecule has 1 amide bonds. The minimum Gasteiger partial charge on any atom is -0.495 e. The maximum absolute atomic E-state index is 13.6. The van der Waals surface area contributed by atoms with Crippen molar-refractivity contribution in [3.05, 3.63) is 58.3 Å². The van der Waals surface area contributed by atoms with Crippen LogP contribution in [0.5, 0.6) is 5.75 Å². The number of carbonyl (C=O) groups is 1. The van der Waals surface area contributed by atoms with Crippen LogP contribution in [0.3, 0.4) is 0 Å². The number of sulfonamides is 1. The van der Waals surface area contributed by atoms with Gasteiger partial charge in [-0.2, -0.15) is 4.31 Å². The van der Waals surface area contributed by atoms with Crippen molar-refractivity contribution in [2.24, 2.45) is 0 Å². The summed E-state index contributed by atoms with van der Waals surface area (Å²) < 4.78 is 46.4. The van der Waals surface area contributed by atoms with Gasteiger partial charge < -0.3 is 10.1 Å². The summed E-state index contributed by atoms with van der Waals surface area (Å²) in [5.74, 6) is -1.15. The molecule has 0 heterocycles. The summed E-state index contributed by atoms with van der Waals surface area (Å²) >= 11 is 3.38. The fraction of sp³-hybridized carbons (Fsp3) is 0.316. The molecule has 0 spiro atoms. The Balaban J connectivity index is 2.18. The molecule has 0 aliphatic heterocycles. The van der Waals surface area contributed by atoms with Crippen LogP contribution < -0.4 is 10.1 Å². The van der Waals surface area contributed by atoms with Gasteiger partial charge in [-0.25, -0.2) is 12.8 Å². The van der Waals surface area contributed by atoms with Crippen LogP contribution in [0.25, 0.3) is 0 Å². The number of ether oxygens (including phenoxy) is 1. The first-order valence-corrected chi connectivity index (χ1v) is 10.8. The lowest BCUT2D eigenvalue weighted by Crippen LogP contribution is -2.41. The predicted molar refractivity (Wildman–Crippen MR) is 108 cm³/mol. The van der Waals surface area contributed by atoms with E-state index in [0.29, 0.717) is 0 Å². The molecule has 152 valence electrons. The summed E-state index contributed by atoms with van der Waals surface area (Å²) in [7, 11) is -2.82. The monoisotopic (exact) mass is 472 g/mol. The lowest BCUT2D eigenvalue weighted by atomic mass is 10.1. The Morgan fingerprint density at radius 3 is 2.61 bits per heavy atom. The zero-order valence-corrected chi connectivity index (χ0v) is 18.2. The predicted octanol–water partition coefficient (Wildman–Crippen LogP) is 3.48. The number of nitrogens with zero attached hydrogens (tertiary/aromatic N) is 1. The standard InChI is InChI=1S/C19H22BrFN2O4S/c1-4-23(28(25,26)18-11-16(21)8-9-17(18)27-3)12-19(24)22-13(2)14-6-5-7-15(20)10-14/h5-11,13H,4,12H2,1-3H3,(H,22,24). The van der Waals surface area contributed by atoms with Gasteiger partial charge in [0.15, 0.2) is 0 Å². The van der Waals surface area contributed by atoms with E-state index in [4.69, 9.17) is 4.74 Å². The Hall–Kier alpha value is -1.97. The number of likely N-dealkylation sites (N-methyl/N-ethyl adjacent to an activating group) is 1. The van der Waals surface area contributed by atoms with E-state index in [0.717, 1.165) is 26.5 Å². The third kappa shape index (κ3) is 5.30. The van der Waals surface area contributed by atoms with Crippen LogP contribution in [0.1, 0.15) is 25.5 Å². The zero-order valence-electron chi connectivity index (χ0n) is 15.8. The molecule has 0 saturated carbocycles. The van der Waals surface area contributed by atoms with E-state index in [1.165, 1.54) is 13.2 Å². The van der Waals surface area contributed by atoms with Crippen molar-refractivity contribution in [2.45, 2.75) is 24.8 Å². The van der Waals surface area contributed by atoms with E-state index in [9.17, 15) is 17.6 Å². The molecule has 6 nitrogen and oxygen atoms in total. The van der Waals surface area contributed by atoms with Crippen LogP contribution in [-0.2, 0) is 14.8 Å². The molecule has 0 saturated heterocycles. The van der Waals surface area contributed by atoms with Crippen LogP contribution in [0.15, 0.2) is 51.8 Å². The van der Waals surface area contributed by atoms with Gasteiger partial charge in [-0.1, -0.05) is 35.0 Å². The molecule has 0 fully saturated rings. The topological polar surface area (TPSA) is 75.7 Å². The van der Waals surface area contributed by atoms with Crippen molar-refractivity contribution >= 4 is 31.9 Å². The van der Waals surface area contributed by atoms with Crippen LogP contribution in [0, 0.1) is 5.82 Å². The summed E-state index contributed by atoms with van der Waals surface area (Å²) in [6.45, 7) is 3.06. The average molecular weight is 473 g/mol. The second kappa shape index (κ2) is 9.49. The molecule has 1 atom stereocenters. The van der Waals surface area contributed by atoms with Crippen molar-refractivity contribution in [3.63, 3.8) is 0 Å². The molecule has 0 aromatic heterocycles.